The maximum Gasteiger partial charge on any atom is 0.221 e. The van der Waals surface area contributed by atoms with Crippen LogP contribution < -0.4 is 11.1 Å². The summed E-state index contributed by atoms with van der Waals surface area (Å²) >= 11 is 7.55. The number of likely N-dealkylation sites (N-methyl/N-ethyl adjacent to an activating group) is 1. The van der Waals surface area contributed by atoms with Crippen molar-refractivity contribution in [2.75, 3.05) is 20.6 Å². The minimum Gasteiger partial charge on any atom is -0.359 e. The molecule has 0 aliphatic carbocycles. The van der Waals surface area contributed by atoms with E-state index >= 15 is 0 Å². The summed E-state index contributed by atoms with van der Waals surface area (Å²) in [6.07, 6.45) is 1.35. The summed E-state index contributed by atoms with van der Waals surface area (Å²) in [5.41, 5.74) is 6.22. The topological polar surface area (TPSA) is 58.4 Å². The molecule has 0 saturated carbocycles. The molecule has 1 amide bonds. The number of amides is 1. The molecule has 0 aromatic carbocycles. The van der Waals surface area contributed by atoms with E-state index in [4.69, 9.17) is 17.3 Å². The highest BCUT2D eigenvalue weighted by atomic mass is 35.5. The van der Waals surface area contributed by atoms with E-state index in [0.29, 0.717) is 13.0 Å². The minimum absolute atomic E-state index is 0.0319. The lowest BCUT2D eigenvalue weighted by Crippen LogP contribution is -2.39. The van der Waals surface area contributed by atoms with E-state index in [1.54, 1.807) is 18.4 Å². The van der Waals surface area contributed by atoms with Gasteiger partial charge in [-0.3, -0.25) is 9.69 Å². The molecule has 1 heterocycles. The maximum absolute atomic E-state index is 11.3. The molecule has 4 nitrogen and oxygen atoms in total. The van der Waals surface area contributed by atoms with Crippen molar-refractivity contribution in [3.05, 3.63) is 21.3 Å². The first-order valence-corrected chi connectivity index (χ1v) is 7.60. The normalized spacial score (nSPS) is 14.4. The minimum atomic E-state index is 0.0319. The molecule has 3 N–H and O–H groups in total. The predicted octanol–water partition coefficient (Wildman–Crippen LogP) is 2.25. The highest BCUT2D eigenvalue weighted by Crippen LogP contribution is 2.32. The van der Waals surface area contributed by atoms with Crippen LogP contribution in [0.2, 0.25) is 4.34 Å². The van der Waals surface area contributed by atoms with Crippen molar-refractivity contribution in [2.45, 2.75) is 31.8 Å². The molecule has 19 heavy (non-hydrogen) atoms. The number of hydrogen-bond acceptors (Lipinski definition) is 4. The number of carbonyl (C=O) groups is 1. The molecule has 0 aliphatic heterocycles. The third kappa shape index (κ3) is 4.76. The Labute approximate surface area is 123 Å². The first-order chi connectivity index (χ1) is 8.99. The Bertz CT molecular complexity index is 410. The van der Waals surface area contributed by atoms with Crippen LogP contribution in [0, 0.1) is 0 Å². The zero-order valence-corrected chi connectivity index (χ0v) is 13.2. The molecule has 108 valence electrons. The van der Waals surface area contributed by atoms with E-state index < -0.39 is 0 Å². The summed E-state index contributed by atoms with van der Waals surface area (Å²) in [5, 5.41) is 2.63. The zero-order valence-electron chi connectivity index (χ0n) is 11.6. The fraction of sp³-hybridized carbons (Fsp3) is 0.615. The Morgan fingerprint density at radius 2 is 2.26 bits per heavy atom. The van der Waals surface area contributed by atoms with Crippen molar-refractivity contribution >= 4 is 28.8 Å². The lowest BCUT2D eigenvalue weighted by Gasteiger charge is -2.31. The van der Waals surface area contributed by atoms with Gasteiger partial charge in [0.05, 0.1) is 10.4 Å². The first kappa shape index (κ1) is 16.4. The van der Waals surface area contributed by atoms with Crippen molar-refractivity contribution in [3.8, 4) is 0 Å². The highest BCUT2D eigenvalue weighted by molar-refractivity contribution is 7.16. The standard InChI is InChI=1S/C13H22ClN3OS/c1-4-9(15)13(10-5-6-11(14)19-10)17(3)8-7-12(18)16-2/h5-6,9,13H,4,7-8,15H2,1-3H3,(H,16,18). The quantitative estimate of drug-likeness (QED) is 0.812. The van der Waals surface area contributed by atoms with Gasteiger partial charge in [0, 0.05) is 30.9 Å². The van der Waals surface area contributed by atoms with Gasteiger partial charge in [-0.1, -0.05) is 18.5 Å². The fourth-order valence-electron chi connectivity index (χ4n) is 2.01. The number of hydrogen-bond donors (Lipinski definition) is 2. The van der Waals surface area contributed by atoms with Crippen LogP contribution in [0.5, 0.6) is 0 Å². The molecule has 0 radical (unpaired) electrons. The van der Waals surface area contributed by atoms with E-state index in [0.717, 1.165) is 15.6 Å². The van der Waals surface area contributed by atoms with Crippen LogP contribution in [-0.2, 0) is 4.79 Å². The number of rotatable bonds is 7. The van der Waals surface area contributed by atoms with E-state index in [2.05, 4.69) is 17.1 Å². The predicted molar refractivity (Wildman–Crippen MR) is 81.7 cm³/mol. The molecular formula is C13H22ClN3OS. The monoisotopic (exact) mass is 303 g/mol. The van der Waals surface area contributed by atoms with E-state index in [1.165, 1.54) is 0 Å². The second kappa shape index (κ2) is 7.85. The fourth-order valence-corrected chi connectivity index (χ4v) is 3.31. The second-order valence-corrected chi connectivity index (χ2v) is 6.31. The lowest BCUT2D eigenvalue weighted by atomic mass is 10.0. The van der Waals surface area contributed by atoms with Gasteiger partial charge in [-0.25, -0.2) is 0 Å². The van der Waals surface area contributed by atoms with Gasteiger partial charge in [0.25, 0.3) is 0 Å². The SMILES string of the molecule is CCC(N)C(c1ccc(Cl)s1)N(C)CCC(=O)NC. The van der Waals surface area contributed by atoms with Gasteiger partial charge in [-0.2, -0.15) is 0 Å². The van der Waals surface area contributed by atoms with Crippen LogP contribution >= 0.6 is 22.9 Å². The molecule has 0 saturated heterocycles. The molecular weight excluding hydrogens is 282 g/mol. The van der Waals surface area contributed by atoms with Crippen molar-refractivity contribution in [1.29, 1.82) is 0 Å². The summed E-state index contributed by atoms with van der Waals surface area (Å²) in [5.74, 6) is 0.0416. The number of nitrogens with two attached hydrogens (primary N) is 1. The summed E-state index contributed by atoms with van der Waals surface area (Å²) < 4.78 is 0.767. The number of thiophene rings is 1. The summed E-state index contributed by atoms with van der Waals surface area (Å²) in [7, 11) is 3.65. The summed E-state index contributed by atoms with van der Waals surface area (Å²) in [4.78, 5) is 14.6. The van der Waals surface area contributed by atoms with Crippen molar-refractivity contribution < 1.29 is 4.79 Å². The van der Waals surface area contributed by atoms with Crippen LogP contribution in [0.4, 0.5) is 0 Å². The van der Waals surface area contributed by atoms with Gasteiger partial charge in [0.2, 0.25) is 5.91 Å². The number of nitrogens with zero attached hydrogens (tertiary/aromatic N) is 1. The van der Waals surface area contributed by atoms with Gasteiger partial charge >= 0.3 is 0 Å². The molecule has 2 unspecified atom stereocenters. The van der Waals surface area contributed by atoms with Gasteiger partial charge < -0.3 is 11.1 Å². The van der Waals surface area contributed by atoms with Crippen LogP contribution in [-0.4, -0.2) is 37.5 Å². The van der Waals surface area contributed by atoms with Gasteiger partial charge in [-0.05, 0) is 25.6 Å². The van der Waals surface area contributed by atoms with Gasteiger partial charge in [-0.15, -0.1) is 11.3 Å². The average molecular weight is 304 g/mol. The Morgan fingerprint density at radius 3 is 2.74 bits per heavy atom. The highest BCUT2D eigenvalue weighted by Gasteiger charge is 2.24. The zero-order chi connectivity index (χ0) is 14.4. The molecule has 0 bridgehead atoms. The smallest absolute Gasteiger partial charge is 0.221 e. The maximum atomic E-state index is 11.3. The Kier molecular flexibility index (Phi) is 6.79. The number of halogens is 1. The van der Waals surface area contributed by atoms with Gasteiger partial charge in [0.15, 0.2) is 0 Å². The third-order valence-electron chi connectivity index (χ3n) is 3.21. The molecule has 0 aliphatic rings. The molecule has 1 aromatic heterocycles. The van der Waals surface area contributed by atoms with E-state index in [-0.39, 0.29) is 18.0 Å². The largest absolute Gasteiger partial charge is 0.359 e. The Morgan fingerprint density at radius 1 is 1.58 bits per heavy atom. The van der Waals surface area contributed by atoms with Gasteiger partial charge in [0.1, 0.15) is 0 Å². The lowest BCUT2D eigenvalue weighted by molar-refractivity contribution is -0.121. The van der Waals surface area contributed by atoms with E-state index in [9.17, 15) is 4.79 Å². The summed E-state index contributed by atoms with van der Waals surface area (Å²) in [6, 6.07) is 4.05. The molecule has 1 aromatic rings. The summed E-state index contributed by atoms with van der Waals surface area (Å²) in [6.45, 7) is 2.74. The van der Waals surface area contributed by atoms with Crippen LogP contribution in [0.25, 0.3) is 0 Å². The Balaban J connectivity index is 2.76. The van der Waals surface area contributed by atoms with E-state index in [1.807, 2.05) is 19.2 Å². The van der Waals surface area contributed by atoms with Crippen molar-refractivity contribution in [2.24, 2.45) is 5.73 Å². The third-order valence-corrected chi connectivity index (χ3v) is 4.51. The van der Waals surface area contributed by atoms with Crippen LogP contribution in [0.15, 0.2) is 12.1 Å². The van der Waals surface area contributed by atoms with Crippen molar-refractivity contribution in [3.63, 3.8) is 0 Å². The molecule has 0 fully saturated rings. The average Bonchev–Trinajstić information content (AvgIpc) is 2.82. The Hall–Kier alpha value is -0.620. The second-order valence-electron chi connectivity index (χ2n) is 4.56. The van der Waals surface area contributed by atoms with Crippen LogP contribution in [0.1, 0.15) is 30.7 Å². The number of nitrogens with one attached hydrogen (secondary N) is 1. The first-order valence-electron chi connectivity index (χ1n) is 6.41. The molecule has 6 heteroatoms. The molecule has 2 atom stereocenters. The van der Waals surface area contributed by atoms with Crippen LogP contribution in [0.3, 0.4) is 0 Å². The molecule has 1 rings (SSSR count). The van der Waals surface area contributed by atoms with Crippen molar-refractivity contribution in [1.82, 2.24) is 10.2 Å². The molecule has 0 spiro atoms. The number of carbonyl (C=O) groups excluding carboxylic acids is 1.